The van der Waals surface area contributed by atoms with E-state index in [1.165, 1.54) is 36.4 Å². The molecule has 0 aliphatic rings. The summed E-state index contributed by atoms with van der Waals surface area (Å²) in [6, 6.07) is 8.64. The highest BCUT2D eigenvalue weighted by atomic mass is 19.1. The monoisotopic (exact) mass is 276 g/mol. The molecule has 2 aromatic carbocycles. The standard InChI is InChI=1S/C14H13FN2O3/c15-9-3-1-2-4-10(9)17-13(14(16)20)8-5-6-11(18)12(19)7-8/h1-7,13,17-19H,(H2,16,20). The first-order valence-corrected chi connectivity index (χ1v) is 5.81. The Labute approximate surface area is 114 Å². The topological polar surface area (TPSA) is 95.6 Å². The van der Waals surface area contributed by atoms with Crippen molar-refractivity contribution in [2.75, 3.05) is 5.32 Å². The van der Waals surface area contributed by atoms with Crippen LogP contribution in [0.2, 0.25) is 0 Å². The molecule has 2 rings (SSSR count). The smallest absolute Gasteiger partial charge is 0.244 e. The first-order chi connectivity index (χ1) is 9.49. The average Bonchev–Trinajstić information content (AvgIpc) is 2.41. The van der Waals surface area contributed by atoms with Gasteiger partial charge >= 0.3 is 0 Å². The summed E-state index contributed by atoms with van der Waals surface area (Å²) in [5.41, 5.74) is 5.72. The fourth-order valence-corrected chi connectivity index (χ4v) is 1.77. The molecule has 0 aliphatic carbocycles. The summed E-state index contributed by atoms with van der Waals surface area (Å²) in [5.74, 6) is -1.97. The number of halogens is 1. The predicted octanol–water partition coefficient (Wildman–Crippen LogP) is 1.88. The van der Waals surface area contributed by atoms with Gasteiger partial charge in [0.1, 0.15) is 11.9 Å². The van der Waals surface area contributed by atoms with E-state index >= 15 is 0 Å². The number of para-hydroxylation sites is 1. The van der Waals surface area contributed by atoms with Crippen molar-refractivity contribution < 1.29 is 19.4 Å². The summed E-state index contributed by atoms with van der Waals surface area (Å²) in [7, 11) is 0. The van der Waals surface area contributed by atoms with E-state index in [1.807, 2.05) is 0 Å². The number of carbonyl (C=O) groups is 1. The molecule has 0 heterocycles. The number of nitrogens with one attached hydrogen (secondary N) is 1. The van der Waals surface area contributed by atoms with Crippen molar-refractivity contribution in [2.45, 2.75) is 6.04 Å². The second-order valence-electron chi connectivity index (χ2n) is 4.21. The largest absolute Gasteiger partial charge is 0.504 e. The van der Waals surface area contributed by atoms with Gasteiger partial charge in [0.2, 0.25) is 5.91 Å². The van der Waals surface area contributed by atoms with E-state index < -0.39 is 17.8 Å². The van der Waals surface area contributed by atoms with Crippen LogP contribution in [0.5, 0.6) is 11.5 Å². The zero-order chi connectivity index (χ0) is 14.7. The summed E-state index contributed by atoms with van der Waals surface area (Å²) in [5, 5.41) is 21.4. The molecule has 2 aromatic rings. The highest BCUT2D eigenvalue weighted by Gasteiger charge is 2.20. The Morgan fingerprint density at radius 3 is 2.45 bits per heavy atom. The molecule has 20 heavy (non-hydrogen) atoms. The first-order valence-electron chi connectivity index (χ1n) is 5.81. The number of anilines is 1. The lowest BCUT2D eigenvalue weighted by molar-refractivity contribution is -0.118. The molecule has 5 N–H and O–H groups in total. The average molecular weight is 276 g/mol. The molecule has 5 nitrogen and oxygen atoms in total. The van der Waals surface area contributed by atoms with Gasteiger partial charge in [-0.1, -0.05) is 18.2 Å². The number of hydrogen-bond donors (Lipinski definition) is 4. The normalized spacial score (nSPS) is 11.8. The number of phenols is 2. The van der Waals surface area contributed by atoms with Crippen LogP contribution in [0.4, 0.5) is 10.1 Å². The number of amides is 1. The van der Waals surface area contributed by atoms with E-state index in [4.69, 9.17) is 5.73 Å². The van der Waals surface area contributed by atoms with Crippen molar-refractivity contribution in [3.8, 4) is 11.5 Å². The van der Waals surface area contributed by atoms with E-state index in [2.05, 4.69) is 5.32 Å². The Balaban J connectivity index is 2.34. The SMILES string of the molecule is NC(=O)C(Nc1ccccc1F)c1ccc(O)c(O)c1. The van der Waals surface area contributed by atoms with Gasteiger partial charge in [-0.05, 0) is 29.8 Å². The van der Waals surface area contributed by atoms with Gasteiger partial charge in [0.15, 0.2) is 11.5 Å². The van der Waals surface area contributed by atoms with Crippen LogP contribution in [0.25, 0.3) is 0 Å². The summed E-state index contributed by atoms with van der Waals surface area (Å²) in [6.45, 7) is 0. The minimum Gasteiger partial charge on any atom is -0.504 e. The lowest BCUT2D eigenvalue weighted by Gasteiger charge is -2.18. The first kappa shape index (κ1) is 13.7. The summed E-state index contributed by atoms with van der Waals surface area (Å²) in [4.78, 5) is 11.5. The molecule has 1 atom stereocenters. The highest BCUT2D eigenvalue weighted by molar-refractivity contribution is 5.84. The van der Waals surface area contributed by atoms with Crippen molar-refractivity contribution in [1.82, 2.24) is 0 Å². The third-order valence-corrected chi connectivity index (χ3v) is 2.79. The van der Waals surface area contributed by atoms with Crippen molar-refractivity contribution >= 4 is 11.6 Å². The fourth-order valence-electron chi connectivity index (χ4n) is 1.77. The molecule has 0 fully saturated rings. The van der Waals surface area contributed by atoms with E-state index in [0.29, 0.717) is 5.56 Å². The molecule has 0 radical (unpaired) electrons. The second kappa shape index (κ2) is 5.48. The van der Waals surface area contributed by atoms with Crippen LogP contribution in [-0.4, -0.2) is 16.1 Å². The van der Waals surface area contributed by atoms with Crippen LogP contribution in [0.3, 0.4) is 0 Å². The number of hydrogen-bond acceptors (Lipinski definition) is 4. The zero-order valence-corrected chi connectivity index (χ0v) is 10.4. The Morgan fingerprint density at radius 1 is 1.15 bits per heavy atom. The van der Waals surface area contributed by atoms with Crippen LogP contribution in [0, 0.1) is 5.82 Å². The third-order valence-electron chi connectivity index (χ3n) is 2.79. The Bertz CT molecular complexity index is 646. The van der Waals surface area contributed by atoms with Crippen molar-refractivity contribution in [3.05, 3.63) is 53.8 Å². The Morgan fingerprint density at radius 2 is 1.85 bits per heavy atom. The maximum Gasteiger partial charge on any atom is 0.244 e. The van der Waals surface area contributed by atoms with Crippen LogP contribution >= 0.6 is 0 Å². The molecule has 0 spiro atoms. The van der Waals surface area contributed by atoms with Gasteiger partial charge < -0.3 is 21.3 Å². The van der Waals surface area contributed by atoms with Crippen LogP contribution in [-0.2, 0) is 4.79 Å². The molecule has 0 bridgehead atoms. The maximum atomic E-state index is 13.6. The number of nitrogens with two attached hydrogens (primary N) is 1. The van der Waals surface area contributed by atoms with Gasteiger partial charge in [0.05, 0.1) is 5.69 Å². The van der Waals surface area contributed by atoms with E-state index in [9.17, 15) is 19.4 Å². The van der Waals surface area contributed by atoms with Crippen LogP contribution in [0.1, 0.15) is 11.6 Å². The molecule has 0 aromatic heterocycles. The molecular formula is C14H13FN2O3. The molecule has 104 valence electrons. The minimum atomic E-state index is -1.03. The van der Waals surface area contributed by atoms with E-state index in [1.54, 1.807) is 6.07 Å². The highest BCUT2D eigenvalue weighted by Crippen LogP contribution is 2.29. The van der Waals surface area contributed by atoms with Gasteiger partial charge in [-0.3, -0.25) is 4.79 Å². The predicted molar refractivity (Wildman–Crippen MR) is 71.7 cm³/mol. The number of primary amides is 1. The van der Waals surface area contributed by atoms with E-state index in [0.717, 1.165) is 0 Å². The van der Waals surface area contributed by atoms with Crippen molar-refractivity contribution in [3.63, 3.8) is 0 Å². The summed E-state index contributed by atoms with van der Waals surface area (Å²) in [6.07, 6.45) is 0. The van der Waals surface area contributed by atoms with Gasteiger partial charge in [0.25, 0.3) is 0 Å². The molecule has 1 amide bonds. The van der Waals surface area contributed by atoms with Gasteiger partial charge in [-0.2, -0.15) is 0 Å². The van der Waals surface area contributed by atoms with E-state index in [-0.39, 0.29) is 17.2 Å². The fraction of sp³-hybridized carbons (Fsp3) is 0.0714. The summed E-state index contributed by atoms with van der Waals surface area (Å²) < 4.78 is 13.6. The molecule has 0 saturated heterocycles. The van der Waals surface area contributed by atoms with Gasteiger partial charge in [0, 0.05) is 0 Å². The van der Waals surface area contributed by atoms with Crippen molar-refractivity contribution in [1.29, 1.82) is 0 Å². The zero-order valence-electron chi connectivity index (χ0n) is 10.4. The minimum absolute atomic E-state index is 0.115. The van der Waals surface area contributed by atoms with Crippen molar-refractivity contribution in [2.24, 2.45) is 5.73 Å². The van der Waals surface area contributed by atoms with Crippen LogP contribution in [0.15, 0.2) is 42.5 Å². The number of benzene rings is 2. The second-order valence-corrected chi connectivity index (χ2v) is 4.21. The molecular weight excluding hydrogens is 263 g/mol. The number of rotatable bonds is 4. The third kappa shape index (κ3) is 2.80. The number of carbonyl (C=O) groups excluding carboxylic acids is 1. The van der Waals surface area contributed by atoms with Gasteiger partial charge in [-0.25, -0.2) is 4.39 Å². The Hall–Kier alpha value is -2.76. The van der Waals surface area contributed by atoms with Crippen LogP contribution < -0.4 is 11.1 Å². The number of aromatic hydroxyl groups is 2. The lowest BCUT2D eigenvalue weighted by Crippen LogP contribution is -2.28. The molecule has 1 unspecified atom stereocenters. The maximum absolute atomic E-state index is 13.6. The number of phenolic OH excluding ortho intramolecular Hbond substituents is 2. The molecule has 0 saturated carbocycles. The molecule has 6 heteroatoms. The lowest BCUT2D eigenvalue weighted by atomic mass is 10.0. The van der Waals surface area contributed by atoms with Gasteiger partial charge in [-0.15, -0.1) is 0 Å². The molecule has 0 aliphatic heterocycles. The quantitative estimate of drug-likeness (QED) is 0.641. The summed E-state index contributed by atoms with van der Waals surface area (Å²) >= 11 is 0. The Kier molecular flexibility index (Phi) is 3.74.